The summed E-state index contributed by atoms with van der Waals surface area (Å²) in [6.45, 7) is 4.61. The maximum absolute atomic E-state index is 12.2. The number of amides is 2. The van der Waals surface area contributed by atoms with Crippen LogP contribution in [-0.2, 0) is 6.42 Å². The van der Waals surface area contributed by atoms with Crippen LogP contribution in [0.4, 0.5) is 4.79 Å². The zero-order chi connectivity index (χ0) is 16.1. The van der Waals surface area contributed by atoms with E-state index in [0.29, 0.717) is 11.8 Å². The predicted molar refractivity (Wildman–Crippen MR) is 95.9 cm³/mol. The number of nitrogens with one attached hydrogen (secondary N) is 2. The van der Waals surface area contributed by atoms with Crippen molar-refractivity contribution >= 4 is 28.8 Å². The number of imidazole rings is 1. The van der Waals surface area contributed by atoms with Crippen molar-refractivity contribution in [3.05, 3.63) is 30.1 Å². The van der Waals surface area contributed by atoms with Crippen LogP contribution in [0.1, 0.15) is 25.6 Å². The number of hydrogen-bond donors (Lipinski definition) is 2. The molecular weight excluding hydrogens is 308 g/mol. The Morgan fingerprint density at radius 1 is 1.48 bits per heavy atom. The molecule has 0 aliphatic carbocycles. The molecule has 0 saturated carbocycles. The standard InChI is InChI=1S/C17H24N4OS/c1-2-13-12-21(10-11-23-13)17(22)18-9-5-8-16-19-14-6-3-4-7-15(14)20-16/h3-4,6-7,13H,2,5,8-12H2,1H3,(H,18,22)(H,19,20). The minimum Gasteiger partial charge on any atom is -0.342 e. The van der Waals surface area contributed by atoms with Crippen molar-refractivity contribution in [1.29, 1.82) is 0 Å². The van der Waals surface area contributed by atoms with Gasteiger partial charge in [0.15, 0.2) is 0 Å². The summed E-state index contributed by atoms with van der Waals surface area (Å²) in [6.07, 6.45) is 2.87. The average Bonchev–Trinajstić information content (AvgIpc) is 3.01. The maximum atomic E-state index is 12.2. The van der Waals surface area contributed by atoms with Crippen LogP contribution in [0.25, 0.3) is 11.0 Å². The number of carbonyl (C=O) groups excluding carboxylic acids is 1. The lowest BCUT2D eigenvalue weighted by atomic mass is 10.3. The average molecular weight is 332 g/mol. The van der Waals surface area contributed by atoms with E-state index in [1.54, 1.807) is 0 Å². The number of rotatable bonds is 5. The summed E-state index contributed by atoms with van der Waals surface area (Å²) in [4.78, 5) is 22.0. The summed E-state index contributed by atoms with van der Waals surface area (Å²) in [5.74, 6) is 2.03. The fourth-order valence-corrected chi connectivity index (χ4v) is 4.02. The van der Waals surface area contributed by atoms with Crippen LogP contribution < -0.4 is 5.32 Å². The van der Waals surface area contributed by atoms with Crippen molar-refractivity contribution in [3.8, 4) is 0 Å². The van der Waals surface area contributed by atoms with E-state index >= 15 is 0 Å². The number of thioether (sulfide) groups is 1. The number of urea groups is 1. The molecule has 2 heterocycles. The zero-order valence-electron chi connectivity index (χ0n) is 13.5. The van der Waals surface area contributed by atoms with Crippen molar-refractivity contribution in [2.75, 3.05) is 25.4 Å². The molecule has 23 heavy (non-hydrogen) atoms. The largest absolute Gasteiger partial charge is 0.342 e. The van der Waals surface area contributed by atoms with Gasteiger partial charge in [0.25, 0.3) is 0 Å². The number of nitrogens with zero attached hydrogens (tertiary/aromatic N) is 2. The number of aromatic amines is 1. The summed E-state index contributed by atoms with van der Waals surface area (Å²) in [6, 6.07) is 8.12. The van der Waals surface area contributed by atoms with Crippen molar-refractivity contribution in [2.45, 2.75) is 31.4 Å². The Labute approximate surface area is 141 Å². The Hall–Kier alpha value is -1.69. The molecule has 124 valence electrons. The summed E-state index contributed by atoms with van der Waals surface area (Å²) in [7, 11) is 0. The van der Waals surface area contributed by atoms with Gasteiger partial charge in [-0.2, -0.15) is 11.8 Å². The number of aromatic nitrogens is 2. The van der Waals surface area contributed by atoms with E-state index in [2.05, 4.69) is 22.2 Å². The molecule has 2 amide bonds. The van der Waals surface area contributed by atoms with Gasteiger partial charge in [-0.15, -0.1) is 0 Å². The Morgan fingerprint density at radius 3 is 3.17 bits per heavy atom. The second-order valence-corrected chi connectivity index (χ2v) is 7.29. The molecule has 1 atom stereocenters. The molecule has 3 rings (SSSR count). The summed E-state index contributed by atoms with van der Waals surface area (Å²) >= 11 is 1.98. The molecule has 5 nitrogen and oxygen atoms in total. The van der Waals surface area contributed by atoms with Crippen molar-refractivity contribution in [1.82, 2.24) is 20.2 Å². The van der Waals surface area contributed by atoms with E-state index in [4.69, 9.17) is 0 Å². The highest BCUT2D eigenvalue weighted by molar-refractivity contribution is 8.00. The summed E-state index contributed by atoms with van der Waals surface area (Å²) in [5.41, 5.74) is 2.07. The van der Waals surface area contributed by atoms with E-state index in [-0.39, 0.29) is 6.03 Å². The monoisotopic (exact) mass is 332 g/mol. The molecule has 1 saturated heterocycles. The van der Waals surface area contributed by atoms with Gasteiger partial charge >= 0.3 is 6.03 Å². The zero-order valence-corrected chi connectivity index (χ0v) is 14.4. The van der Waals surface area contributed by atoms with Crippen LogP contribution >= 0.6 is 11.8 Å². The van der Waals surface area contributed by atoms with Gasteiger partial charge in [-0.3, -0.25) is 0 Å². The molecule has 1 unspecified atom stereocenters. The smallest absolute Gasteiger partial charge is 0.317 e. The third kappa shape index (κ3) is 4.19. The topological polar surface area (TPSA) is 61.0 Å². The minimum atomic E-state index is 0.0772. The van der Waals surface area contributed by atoms with Gasteiger partial charge in [-0.25, -0.2) is 9.78 Å². The van der Waals surface area contributed by atoms with Gasteiger partial charge in [-0.1, -0.05) is 19.1 Å². The van der Waals surface area contributed by atoms with Gasteiger partial charge in [0.05, 0.1) is 11.0 Å². The molecule has 1 aromatic heterocycles. The fourth-order valence-electron chi connectivity index (χ4n) is 2.84. The Balaban J connectivity index is 1.41. The second-order valence-electron chi connectivity index (χ2n) is 5.88. The molecule has 0 bridgehead atoms. The summed E-state index contributed by atoms with van der Waals surface area (Å²) in [5, 5.41) is 3.63. The first-order valence-electron chi connectivity index (χ1n) is 8.34. The third-order valence-electron chi connectivity index (χ3n) is 4.19. The highest BCUT2D eigenvalue weighted by Gasteiger charge is 2.22. The third-order valence-corrected chi connectivity index (χ3v) is 5.56. The fraction of sp³-hybridized carbons (Fsp3) is 0.529. The number of hydrogen-bond acceptors (Lipinski definition) is 3. The lowest BCUT2D eigenvalue weighted by molar-refractivity contribution is 0.199. The predicted octanol–water partition coefficient (Wildman–Crippen LogP) is 3.03. The van der Waals surface area contributed by atoms with Gasteiger partial charge < -0.3 is 15.2 Å². The van der Waals surface area contributed by atoms with Crippen molar-refractivity contribution in [2.24, 2.45) is 0 Å². The number of fused-ring (bicyclic) bond motifs is 1. The van der Waals surface area contributed by atoms with Gasteiger partial charge in [0.1, 0.15) is 5.82 Å². The first kappa shape index (κ1) is 16.2. The maximum Gasteiger partial charge on any atom is 0.317 e. The quantitative estimate of drug-likeness (QED) is 0.827. The van der Waals surface area contributed by atoms with Crippen LogP contribution in [0.5, 0.6) is 0 Å². The van der Waals surface area contributed by atoms with Crippen LogP contribution in [0, 0.1) is 0 Å². The number of para-hydroxylation sites is 2. The van der Waals surface area contributed by atoms with Gasteiger partial charge in [0, 0.05) is 37.1 Å². The molecule has 6 heteroatoms. The summed E-state index contributed by atoms with van der Waals surface area (Å²) < 4.78 is 0. The molecule has 1 aliphatic rings. The van der Waals surface area contributed by atoms with E-state index in [1.165, 1.54) is 0 Å². The first-order valence-corrected chi connectivity index (χ1v) is 9.39. The SMILES string of the molecule is CCC1CN(C(=O)NCCCc2nc3ccccc3[nH]2)CCS1. The number of carbonyl (C=O) groups is 1. The Bertz CT molecular complexity index is 624. The lowest BCUT2D eigenvalue weighted by Gasteiger charge is -2.31. The molecule has 2 N–H and O–H groups in total. The van der Waals surface area contributed by atoms with E-state index in [1.807, 2.05) is 40.9 Å². The molecule has 1 fully saturated rings. The number of aryl methyl sites for hydroxylation is 1. The molecule has 2 aromatic rings. The van der Waals surface area contributed by atoms with Crippen LogP contribution in [0.15, 0.2) is 24.3 Å². The highest BCUT2D eigenvalue weighted by atomic mass is 32.2. The van der Waals surface area contributed by atoms with Crippen LogP contribution in [0.2, 0.25) is 0 Å². The second kappa shape index (κ2) is 7.73. The Morgan fingerprint density at radius 2 is 2.35 bits per heavy atom. The molecular formula is C17H24N4OS. The normalized spacial score (nSPS) is 18.3. The van der Waals surface area contributed by atoms with Crippen molar-refractivity contribution < 1.29 is 4.79 Å². The Kier molecular flexibility index (Phi) is 5.43. The van der Waals surface area contributed by atoms with Gasteiger partial charge in [-0.05, 0) is 25.0 Å². The van der Waals surface area contributed by atoms with Crippen LogP contribution in [-0.4, -0.2) is 51.5 Å². The number of H-pyrrole nitrogens is 1. The minimum absolute atomic E-state index is 0.0772. The highest BCUT2D eigenvalue weighted by Crippen LogP contribution is 2.20. The van der Waals surface area contributed by atoms with E-state index < -0.39 is 0 Å². The first-order chi connectivity index (χ1) is 11.3. The van der Waals surface area contributed by atoms with E-state index in [9.17, 15) is 4.79 Å². The van der Waals surface area contributed by atoms with Crippen LogP contribution in [0.3, 0.4) is 0 Å². The van der Waals surface area contributed by atoms with Crippen molar-refractivity contribution in [3.63, 3.8) is 0 Å². The molecule has 1 aromatic carbocycles. The molecule has 0 radical (unpaired) electrons. The van der Waals surface area contributed by atoms with Gasteiger partial charge in [0.2, 0.25) is 0 Å². The van der Waals surface area contributed by atoms with E-state index in [0.717, 1.165) is 55.0 Å². The molecule has 1 aliphatic heterocycles. The number of benzene rings is 1. The molecule has 0 spiro atoms. The lowest BCUT2D eigenvalue weighted by Crippen LogP contribution is -2.47.